The van der Waals surface area contributed by atoms with Gasteiger partial charge in [0.05, 0.1) is 18.6 Å². The summed E-state index contributed by atoms with van der Waals surface area (Å²) in [5, 5.41) is 3.12. The van der Waals surface area contributed by atoms with Crippen LogP contribution in [0.25, 0.3) is 0 Å². The molecule has 0 atom stereocenters. The van der Waals surface area contributed by atoms with E-state index < -0.39 is 0 Å². The summed E-state index contributed by atoms with van der Waals surface area (Å²) in [7, 11) is 0. The van der Waals surface area contributed by atoms with Gasteiger partial charge >= 0.3 is 0 Å². The molecule has 1 N–H and O–H groups in total. The van der Waals surface area contributed by atoms with Crippen LogP contribution in [0.4, 0.5) is 0 Å². The molecule has 1 aliphatic rings. The predicted octanol–water partition coefficient (Wildman–Crippen LogP) is 3.51. The van der Waals surface area contributed by atoms with E-state index in [0.717, 1.165) is 31.4 Å². The molecule has 1 saturated carbocycles. The predicted molar refractivity (Wildman–Crippen MR) is 81.2 cm³/mol. The highest BCUT2D eigenvalue weighted by molar-refractivity contribution is 6.18. The van der Waals surface area contributed by atoms with E-state index in [1.54, 1.807) is 0 Å². The van der Waals surface area contributed by atoms with Gasteiger partial charge < -0.3 is 10.1 Å². The van der Waals surface area contributed by atoms with Crippen molar-refractivity contribution in [3.05, 3.63) is 30.3 Å². The van der Waals surface area contributed by atoms with Crippen molar-refractivity contribution in [2.24, 2.45) is 0 Å². The Balaban J connectivity index is 1.74. The van der Waals surface area contributed by atoms with Crippen LogP contribution in [0.5, 0.6) is 5.75 Å². The fourth-order valence-electron chi connectivity index (χ4n) is 2.66. The number of amides is 1. The molecule has 0 aromatic heterocycles. The molecule has 0 spiro atoms. The number of benzene rings is 1. The molecule has 3 nitrogen and oxygen atoms in total. The SMILES string of the molecule is O=C(CCOc1ccccc1)NC1(CCl)CCCCC1. The smallest absolute Gasteiger partial charge is 0.223 e. The summed E-state index contributed by atoms with van der Waals surface area (Å²) in [6.07, 6.45) is 5.88. The molecule has 0 radical (unpaired) electrons. The molecule has 0 heterocycles. The van der Waals surface area contributed by atoms with Gasteiger partial charge in [-0.2, -0.15) is 0 Å². The first-order valence-corrected chi connectivity index (χ1v) is 7.82. The Bertz CT molecular complexity index is 416. The average Bonchev–Trinajstić information content (AvgIpc) is 2.49. The molecule has 1 amide bonds. The molecular formula is C16H22ClNO2. The number of nitrogens with one attached hydrogen (secondary N) is 1. The zero-order valence-electron chi connectivity index (χ0n) is 11.7. The van der Waals surface area contributed by atoms with E-state index in [9.17, 15) is 4.79 Å². The van der Waals surface area contributed by atoms with Gasteiger partial charge in [-0.05, 0) is 25.0 Å². The number of para-hydroxylation sites is 1. The zero-order valence-corrected chi connectivity index (χ0v) is 12.5. The minimum absolute atomic E-state index is 0.0310. The summed E-state index contributed by atoms with van der Waals surface area (Å²) in [4.78, 5) is 12.0. The number of hydrogen-bond donors (Lipinski definition) is 1. The van der Waals surface area contributed by atoms with Gasteiger partial charge in [0.25, 0.3) is 0 Å². The topological polar surface area (TPSA) is 38.3 Å². The van der Waals surface area contributed by atoms with Gasteiger partial charge in [-0.3, -0.25) is 4.79 Å². The lowest BCUT2D eigenvalue weighted by atomic mass is 9.83. The Labute approximate surface area is 125 Å². The number of ether oxygens (including phenoxy) is 1. The van der Waals surface area contributed by atoms with E-state index in [1.807, 2.05) is 30.3 Å². The number of rotatable bonds is 6. The Morgan fingerprint density at radius 2 is 1.90 bits per heavy atom. The maximum atomic E-state index is 12.0. The molecule has 4 heteroatoms. The third kappa shape index (κ3) is 4.41. The van der Waals surface area contributed by atoms with E-state index in [0.29, 0.717) is 18.9 Å². The normalized spacial score (nSPS) is 17.4. The lowest BCUT2D eigenvalue weighted by Gasteiger charge is -2.36. The fourth-order valence-corrected chi connectivity index (χ4v) is 2.99. The third-order valence-corrected chi connectivity index (χ3v) is 4.32. The van der Waals surface area contributed by atoms with Crippen LogP contribution in [0, 0.1) is 0 Å². The summed E-state index contributed by atoms with van der Waals surface area (Å²) >= 11 is 6.07. The van der Waals surface area contributed by atoms with Gasteiger partial charge in [0, 0.05) is 5.88 Å². The second-order valence-electron chi connectivity index (χ2n) is 5.43. The van der Waals surface area contributed by atoms with Gasteiger partial charge in [-0.1, -0.05) is 37.5 Å². The number of carbonyl (C=O) groups is 1. The van der Waals surface area contributed by atoms with Crippen molar-refractivity contribution in [1.29, 1.82) is 0 Å². The summed E-state index contributed by atoms with van der Waals surface area (Å²) < 4.78 is 5.54. The first-order valence-electron chi connectivity index (χ1n) is 7.29. The standard InChI is InChI=1S/C16H22ClNO2/c17-13-16(10-5-2-6-11-16)18-15(19)9-12-20-14-7-3-1-4-8-14/h1,3-4,7-8H,2,5-6,9-13H2,(H,18,19). The molecule has 0 aliphatic heterocycles. The molecule has 2 rings (SSSR count). The van der Waals surface area contributed by atoms with Crippen LogP contribution in [0.1, 0.15) is 38.5 Å². The van der Waals surface area contributed by atoms with E-state index in [2.05, 4.69) is 5.32 Å². The van der Waals surface area contributed by atoms with Crippen molar-refractivity contribution in [1.82, 2.24) is 5.32 Å². The molecule has 1 aliphatic carbocycles. The van der Waals surface area contributed by atoms with Crippen molar-refractivity contribution >= 4 is 17.5 Å². The molecule has 20 heavy (non-hydrogen) atoms. The van der Waals surface area contributed by atoms with Gasteiger partial charge in [-0.25, -0.2) is 0 Å². The minimum atomic E-state index is -0.191. The molecule has 1 aromatic rings. The summed E-state index contributed by atoms with van der Waals surface area (Å²) in [5.41, 5.74) is -0.191. The van der Waals surface area contributed by atoms with Crippen molar-refractivity contribution in [3.8, 4) is 5.75 Å². The Kier molecular flexibility index (Phi) is 5.72. The molecule has 0 saturated heterocycles. The summed E-state index contributed by atoms with van der Waals surface area (Å²) in [6.45, 7) is 0.397. The van der Waals surface area contributed by atoms with Gasteiger partial charge in [0.2, 0.25) is 5.91 Å². The van der Waals surface area contributed by atoms with Gasteiger partial charge in [0.15, 0.2) is 0 Å². The zero-order chi connectivity index (χ0) is 14.3. The highest BCUT2D eigenvalue weighted by atomic mass is 35.5. The number of carbonyl (C=O) groups excluding carboxylic acids is 1. The minimum Gasteiger partial charge on any atom is -0.493 e. The highest BCUT2D eigenvalue weighted by Gasteiger charge is 2.32. The Morgan fingerprint density at radius 1 is 1.20 bits per heavy atom. The molecule has 1 aromatic carbocycles. The first kappa shape index (κ1) is 15.2. The van der Waals surface area contributed by atoms with Crippen LogP contribution in [0.2, 0.25) is 0 Å². The quantitative estimate of drug-likeness (QED) is 0.816. The van der Waals surface area contributed by atoms with Crippen molar-refractivity contribution in [3.63, 3.8) is 0 Å². The monoisotopic (exact) mass is 295 g/mol. The number of halogens is 1. The van der Waals surface area contributed by atoms with E-state index in [4.69, 9.17) is 16.3 Å². The summed E-state index contributed by atoms with van der Waals surface area (Å²) in [6, 6.07) is 9.55. The van der Waals surface area contributed by atoms with Gasteiger partial charge in [-0.15, -0.1) is 11.6 Å². The molecule has 0 bridgehead atoms. The second kappa shape index (κ2) is 7.53. The van der Waals surface area contributed by atoms with Crippen LogP contribution in [-0.2, 0) is 4.79 Å². The van der Waals surface area contributed by atoms with E-state index in [-0.39, 0.29) is 11.4 Å². The lowest BCUT2D eigenvalue weighted by molar-refractivity contribution is -0.123. The Hall–Kier alpha value is -1.22. The van der Waals surface area contributed by atoms with Gasteiger partial charge in [0.1, 0.15) is 5.75 Å². The van der Waals surface area contributed by atoms with Crippen molar-refractivity contribution in [2.75, 3.05) is 12.5 Å². The van der Waals surface area contributed by atoms with E-state index in [1.165, 1.54) is 6.42 Å². The highest BCUT2D eigenvalue weighted by Crippen LogP contribution is 2.29. The van der Waals surface area contributed by atoms with Crippen LogP contribution < -0.4 is 10.1 Å². The van der Waals surface area contributed by atoms with Crippen LogP contribution in [-0.4, -0.2) is 23.9 Å². The molecule has 1 fully saturated rings. The third-order valence-electron chi connectivity index (χ3n) is 3.81. The Morgan fingerprint density at radius 3 is 2.55 bits per heavy atom. The first-order chi connectivity index (χ1) is 9.74. The average molecular weight is 296 g/mol. The fraction of sp³-hybridized carbons (Fsp3) is 0.562. The largest absolute Gasteiger partial charge is 0.493 e. The maximum absolute atomic E-state index is 12.0. The molecular weight excluding hydrogens is 274 g/mol. The molecule has 0 unspecified atom stereocenters. The lowest BCUT2D eigenvalue weighted by Crippen LogP contribution is -2.51. The van der Waals surface area contributed by atoms with E-state index >= 15 is 0 Å². The van der Waals surface area contributed by atoms with Crippen molar-refractivity contribution < 1.29 is 9.53 Å². The molecule has 110 valence electrons. The number of hydrogen-bond acceptors (Lipinski definition) is 2. The number of alkyl halides is 1. The van der Waals surface area contributed by atoms with Crippen LogP contribution >= 0.6 is 11.6 Å². The summed E-state index contributed by atoms with van der Waals surface area (Å²) in [5.74, 6) is 1.33. The van der Waals surface area contributed by atoms with Crippen LogP contribution in [0.15, 0.2) is 30.3 Å². The van der Waals surface area contributed by atoms with Crippen molar-refractivity contribution in [2.45, 2.75) is 44.1 Å². The van der Waals surface area contributed by atoms with Crippen LogP contribution in [0.3, 0.4) is 0 Å². The second-order valence-corrected chi connectivity index (χ2v) is 5.70. The maximum Gasteiger partial charge on any atom is 0.223 e.